The van der Waals surface area contributed by atoms with Crippen molar-refractivity contribution >= 4 is 12.0 Å². The van der Waals surface area contributed by atoms with Crippen molar-refractivity contribution in [2.24, 2.45) is 0 Å². The Morgan fingerprint density at radius 3 is 1.31 bits per heavy atom. The zero-order chi connectivity index (χ0) is 37.5. The first kappa shape index (κ1) is 48.7. The van der Waals surface area contributed by atoms with E-state index >= 15 is 0 Å². The van der Waals surface area contributed by atoms with Gasteiger partial charge in [0.2, 0.25) is 5.91 Å². The van der Waals surface area contributed by atoms with E-state index in [2.05, 4.69) is 72.7 Å². The summed E-state index contributed by atoms with van der Waals surface area (Å²) in [5.74, 6) is 0.275. The predicted molar refractivity (Wildman–Crippen MR) is 223 cm³/mol. The molecule has 0 bridgehead atoms. The van der Waals surface area contributed by atoms with Gasteiger partial charge in [0, 0.05) is 26.1 Å². The average Bonchev–Trinajstić information content (AvgIpc) is 3.09. The molecule has 0 aliphatic heterocycles. The van der Waals surface area contributed by atoms with E-state index in [0.29, 0.717) is 13.0 Å². The molecule has 0 rings (SSSR count). The molecule has 0 saturated carbocycles. The van der Waals surface area contributed by atoms with Gasteiger partial charge in [-0.2, -0.15) is 0 Å². The third-order valence-corrected chi connectivity index (χ3v) is 9.10. The SMILES string of the molecule is CCCCC/C=C\C/C=C\CCCCCCCCN(CCCCCCCC/C=C\C/C=C\CCCCC)C(=O)CCCCNC(=O)OC(C)(C)C. The van der Waals surface area contributed by atoms with E-state index in [9.17, 15) is 9.59 Å². The number of unbranched alkanes of at least 4 members (excludes halogenated alkanes) is 19. The van der Waals surface area contributed by atoms with Gasteiger partial charge in [-0.1, -0.05) is 140 Å². The van der Waals surface area contributed by atoms with Gasteiger partial charge in [0.25, 0.3) is 0 Å². The quantitative estimate of drug-likeness (QED) is 0.0526. The highest BCUT2D eigenvalue weighted by atomic mass is 16.6. The highest BCUT2D eigenvalue weighted by Gasteiger charge is 2.16. The monoisotopic (exact) mass is 713 g/mol. The summed E-state index contributed by atoms with van der Waals surface area (Å²) >= 11 is 0. The topological polar surface area (TPSA) is 58.6 Å². The number of amides is 2. The van der Waals surface area contributed by atoms with E-state index in [4.69, 9.17) is 4.74 Å². The van der Waals surface area contributed by atoms with Crippen molar-refractivity contribution in [3.8, 4) is 0 Å². The van der Waals surface area contributed by atoms with Gasteiger partial charge >= 0.3 is 6.09 Å². The normalized spacial score (nSPS) is 12.3. The number of ether oxygens (including phenoxy) is 1. The molecule has 0 unspecified atom stereocenters. The van der Waals surface area contributed by atoms with Crippen LogP contribution in [0.25, 0.3) is 0 Å². The van der Waals surface area contributed by atoms with Crippen molar-refractivity contribution in [2.45, 2.75) is 214 Å². The van der Waals surface area contributed by atoms with Crippen molar-refractivity contribution in [3.05, 3.63) is 48.6 Å². The summed E-state index contributed by atoms with van der Waals surface area (Å²) in [6, 6.07) is 0. The highest BCUT2D eigenvalue weighted by Crippen LogP contribution is 2.13. The molecule has 51 heavy (non-hydrogen) atoms. The molecule has 0 aromatic carbocycles. The maximum Gasteiger partial charge on any atom is 0.407 e. The Balaban J connectivity index is 4.26. The molecule has 1 N–H and O–H groups in total. The van der Waals surface area contributed by atoms with Crippen LogP contribution >= 0.6 is 0 Å². The summed E-state index contributed by atoms with van der Waals surface area (Å²) in [7, 11) is 0. The third kappa shape index (κ3) is 38.8. The summed E-state index contributed by atoms with van der Waals surface area (Å²) in [4.78, 5) is 27.2. The molecule has 0 aromatic rings. The third-order valence-electron chi connectivity index (χ3n) is 9.10. The Morgan fingerprint density at radius 1 is 0.510 bits per heavy atom. The molecule has 0 radical (unpaired) electrons. The summed E-state index contributed by atoms with van der Waals surface area (Å²) < 4.78 is 5.31. The van der Waals surface area contributed by atoms with E-state index in [1.807, 2.05) is 20.8 Å². The highest BCUT2D eigenvalue weighted by molar-refractivity contribution is 5.76. The molecule has 0 aliphatic carbocycles. The molecule has 0 spiro atoms. The number of carbonyl (C=O) groups excluding carboxylic acids is 2. The van der Waals surface area contributed by atoms with E-state index in [0.717, 1.165) is 51.6 Å². The van der Waals surface area contributed by atoms with Crippen LogP contribution in [0.15, 0.2) is 48.6 Å². The van der Waals surface area contributed by atoms with Crippen molar-refractivity contribution in [3.63, 3.8) is 0 Å². The van der Waals surface area contributed by atoms with Crippen LogP contribution in [0.5, 0.6) is 0 Å². The van der Waals surface area contributed by atoms with Crippen molar-refractivity contribution < 1.29 is 14.3 Å². The maximum atomic E-state index is 13.2. The fourth-order valence-electron chi connectivity index (χ4n) is 6.01. The van der Waals surface area contributed by atoms with E-state index in [-0.39, 0.29) is 12.0 Å². The van der Waals surface area contributed by atoms with Crippen LogP contribution in [-0.2, 0) is 9.53 Å². The Hall–Kier alpha value is -2.30. The van der Waals surface area contributed by atoms with Gasteiger partial charge < -0.3 is 15.0 Å². The Kier molecular flexibility index (Phi) is 35.8. The van der Waals surface area contributed by atoms with Crippen molar-refractivity contribution in [1.29, 1.82) is 0 Å². The summed E-state index contributed by atoms with van der Waals surface area (Å²) in [6.07, 6.45) is 50.0. The number of hydrogen-bond acceptors (Lipinski definition) is 3. The zero-order valence-electron chi connectivity index (χ0n) is 34.5. The Morgan fingerprint density at radius 2 is 0.902 bits per heavy atom. The second-order valence-electron chi connectivity index (χ2n) is 15.4. The lowest BCUT2D eigenvalue weighted by atomic mass is 10.1. The second kappa shape index (κ2) is 37.5. The summed E-state index contributed by atoms with van der Waals surface area (Å²) in [5.41, 5.74) is -0.495. The molecule has 0 aliphatic rings. The lowest BCUT2D eigenvalue weighted by molar-refractivity contribution is -0.131. The summed E-state index contributed by atoms with van der Waals surface area (Å²) in [6.45, 7) is 12.4. The van der Waals surface area contributed by atoms with Crippen LogP contribution in [-0.4, -0.2) is 42.1 Å². The van der Waals surface area contributed by atoms with E-state index in [1.165, 1.54) is 128 Å². The largest absolute Gasteiger partial charge is 0.444 e. The average molecular weight is 713 g/mol. The molecule has 0 atom stereocenters. The smallest absolute Gasteiger partial charge is 0.407 e. The van der Waals surface area contributed by atoms with Crippen molar-refractivity contribution in [2.75, 3.05) is 19.6 Å². The van der Waals surface area contributed by atoms with Crippen LogP contribution < -0.4 is 5.32 Å². The van der Waals surface area contributed by atoms with Gasteiger partial charge in [-0.3, -0.25) is 4.79 Å². The zero-order valence-corrected chi connectivity index (χ0v) is 34.5. The number of allylic oxidation sites excluding steroid dienone is 8. The lowest BCUT2D eigenvalue weighted by Gasteiger charge is -2.23. The number of nitrogens with zero attached hydrogens (tertiary/aromatic N) is 1. The van der Waals surface area contributed by atoms with Crippen LogP contribution in [0.4, 0.5) is 4.79 Å². The van der Waals surface area contributed by atoms with E-state index in [1.54, 1.807) is 0 Å². The number of hydrogen-bond donors (Lipinski definition) is 1. The first-order valence-electron chi connectivity index (χ1n) is 21.6. The standard InChI is InChI=1S/C46H84N2O3/c1-6-8-10-12-14-16-18-20-22-24-26-28-30-32-34-38-42-48(44(49)40-36-37-41-47-45(50)51-46(3,4)5)43-39-35-33-31-29-27-25-23-21-19-17-15-13-11-9-7-2/h14-17,20-23H,6-13,18-19,24-43H2,1-5H3,(H,47,50)/b16-14-,17-15-,22-20-,23-21-. The predicted octanol–water partition coefficient (Wildman–Crippen LogP) is 14.1. The fourth-order valence-corrected chi connectivity index (χ4v) is 6.01. The number of carbonyl (C=O) groups is 2. The first-order valence-corrected chi connectivity index (χ1v) is 21.6. The van der Waals surface area contributed by atoms with Gasteiger partial charge in [0.1, 0.15) is 5.60 Å². The number of nitrogens with one attached hydrogen (secondary N) is 1. The van der Waals surface area contributed by atoms with Gasteiger partial charge in [0.05, 0.1) is 0 Å². The molecule has 5 nitrogen and oxygen atoms in total. The van der Waals surface area contributed by atoms with Crippen molar-refractivity contribution in [1.82, 2.24) is 10.2 Å². The van der Waals surface area contributed by atoms with Crippen LogP contribution in [0.3, 0.4) is 0 Å². The summed E-state index contributed by atoms with van der Waals surface area (Å²) in [5, 5.41) is 2.81. The molecule has 0 heterocycles. The van der Waals surface area contributed by atoms with Crippen LogP contribution in [0.1, 0.15) is 208 Å². The van der Waals surface area contributed by atoms with Gasteiger partial charge in [-0.25, -0.2) is 4.79 Å². The maximum absolute atomic E-state index is 13.2. The molecular formula is C46H84N2O3. The molecule has 2 amide bonds. The Labute approximate surface area is 317 Å². The van der Waals surface area contributed by atoms with Gasteiger partial charge in [0.15, 0.2) is 0 Å². The molecule has 5 heteroatoms. The molecule has 0 fully saturated rings. The minimum atomic E-state index is -0.495. The minimum absolute atomic E-state index is 0.275. The van der Waals surface area contributed by atoms with E-state index < -0.39 is 5.60 Å². The lowest BCUT2D eigenvalue weighted by Crippen LogP contribution is -2.34. The number of rotatable bonds is 35. The van der Waals surface area contributed by atoms with Crippen LogP contribution in [0.2, 0.25) is 0 Å². The van der Waals surface area contributed by atoms with Gasteiger partial charge in [-0.15, -0.1) is 0 Å². The molecule has 296 valence electrons. The molecule has 0 saturated heterocycles. The number of alkyl carbamates (subject to hydrolysis) is 1. The minimum Gasteiger partial charge on any atom is -0.444 e. The molecular weight excluding hydrogens is 629 g/mol. The fraction of sp³-hybridized carbons (Fsp3) is 0.783. The first-order chi connectivity index (χ1) is 24.8. The van der Waals surface area contributed by atoms with Gasteiger partial charge in [-0.05, 0) is 111 Å². The van der Waals surface area contributed by atoms with Crippen LogP contribution in [0, 0.1) is 0 Å². The molecule has 0 aromatic heterocycles. The Bertz CT molecular complexity index is 851. The second-order valence-corrected chi connectivity index (χ2v) is 15.4.